The van der Waals surface area contributed by atoms with E-state index in [0.29, 0.717) is 6.54 Å². The van der Waals surface area contributed by atoms with E-state index in [1.165, 1.54) is 0 Å². The Labute approximate surface area is 176 Å². The molecule has 5 heteroatoms. The van der Waals surface area contributed by atoms with Crippen LogP contribution in [0.15, 0.2) is 78.9 Å². The van der Waals surface area contributed by atoms with E-state index in [4.69, 9.17) is 19.3 Å². The largest absolute Gasteiger partial charge is 0.497 e. The number of benzene rings is 3. The first-order valence-corrected chi connectivity index (χ1v) is 9.70. The maximum atomic E-state index is 5.42. The first-order valence-electron chi connectivity index (χ1n) is 9.70. The molecule has 1 heterocycles. The maximum Gasteiger partial charge on any atom is 0.119 e. The Morgan fingerprint density at radius 2 is 1.23 bits per heavy atom. The summed E-state index contributed by atoms with van der Waals surface area (Å²) in [4.78, 5) is 0. The molecule has 0 aliphatic carbocycles. The molecule has 0 atom stereocenters. The van der Waals surface area contributed by atoms with E-state index in [1.54, 1.807) is 21.3 Å². The first kappa shape index (κ1) is 19.6. The molecule has 0 amide bonds. The Balaban J connectivity index is 1.80. The lowest BCUT2D eigenvalue weighted by atomic mass is 10.1. The number of methoxy groups -OCH3 is 3. The molecule has 4 aromatic rings. The highest BCUT2D eigenvalue weighted by Crippen LogP contribution is 2.30. The molecule has 0 saturated carbocycles. The second-order valence-electron chi connectivity index (χ2n) is 6.89. The van der Waals surface area contributed by atoms with Gasteiger partial charge in [0.25, 0.3) is 0 Å². The van der Waals surface area contributed by atoms with Gasteiger partial charge in [-0.05, 0) is 48.0 Å². The molecule has 3 aromatic carbocycles. The summed E-state index contributed by atoms with van der Waals surface area (Å²) >= 11 is 0. The molecule has 0 saturated heterocycles. The van der Waals surface area contributed by atoms with Crippen molar-refractivity contribution in [3.8, 4) is 39.8 Å². The van der Waals surface area contributed by atoms with E-state index in [0.717, 1.165) is 45.3 Å². The number of aromatic nitrogens is 2. The summed E-state index contributed by atoms with van der Waals surface area (Å²) in [7, 11) is 5.02. The molecule has 5 nitrogen and oxygen atoms in total. The van der Waals surface area contributed by atoms with E-state index in [2.05, 4.69) is 18.2 Å². The molecule has 0 unspecified atom stereocenters. The van der Waals surface area contributed by atoms with E-state index < -0.39 is 0 Å². The molecule has 0 fully saturated rings. The van der Waals surface area contributed by atoms with Gasteiger partial charge in [0, 0.05) is 11.1 Å². The van der Waals surface area contributed by atoms with Gasteiger partial charge in [0.2, 0.25) is 0 Å². The van der Waals surface area contributed by atoms with Crippen molar-refractivity contribution in [3.63, 3.8) is 0 Å². The Kier molecular flexibility index (Phi) is 5.70. The number of nitrogens with zero attached hydrogens (tertiary/aromatic N) is 2. The summed E-state index contributed by atoms with van der Waals surface area (Å²) in [6.45, 7) is 0.619. The molecule has 0 aliphatic rings. The normalized spacial score (nSPS) is 10.6. The third-order valence-corrected chi connectivity index (χ3v) is 4.98. The number of hydrogen-bond acceptors (Lipinski definition) is 4. The third kappa shape index (κ3) is 4.15. The number of rotatable bonds is 7. The van der Waals surface area contributed by atoms with E-state index in [-0.39, 0.29) is 0 Å². The van der Waals surface area contributed by atoms with Gasteiger partial charge in [0.05, 0.1) is 39.3 Å². The SMILES string of the molecule is COc1cccc(Cn2nc(-c3cccc(OC)c3)cc2-c2cccc(OC)c2)c1. The van der Waals surface area contributed by atoms with Crippen molar-refractivity contribution >= 4 is 0 Å². The van der Waals surface area contributed by atoms with Crippen LogP contribution in [-0.2, 0) is 6.54 Å². The lowest BCUT2D eigenvalue weighted by Gasteiger charge is -2.10. The molecule has 0 aliphatic heterocycles. The zero-order chi connectivity index (χ0) is 20.9. The predicted octanol–water partition coefficient (Wildman–Crippen LogP) is 5.29. The van der Waals surface area contributed by atoms with Crippen LogP contribution >= 0.6 is 0 Å². The minimum absolute atomic E-state index is 0.619. The van der Waals surface area contributed by atoms with Crippen LogP contribution in [0.25, 0.3) is 22.5 Å². The molecule has 4 rings (SSSR count). The van der Waals surface area contributed by atoms with Crippen LogP contribution in [0.1, 0.15) is 5.56 Å². The Hall–Kier alpha value is -3.73. The molecular formula is C25H24N2O3. The second-order valence-corrected chi connectivity index (χ2v) is 6.89. The highest BCUT2D eigenvalue weighted by Gasteiger charge is 2.14. The highest BCUT2D eigenvalue weighted by atomic mass is 16.5. The van der Waals surface area contributed by atoms with E-state index in [9.17, 15) is 0 Å². The van der Waals surface area contributed by atoms with E-state index >= 15 is 0 Å². The zero-order valence-electron chi connectivity index (χ0n) is 17.3. The highest BCUT2D eigenvalue weighted by molar-refractivity contribution is 5.70. The standard InChI is InChI=1S/C25H24N2O3/c1-28-21-10-4-7-18(13-21)17-27-25(20-9-6-12-23(15-20)30-3)16-24(26-27)19-8-5-11-22(14-19)29-2/h4-16H,17H2,1-3H3. The molecule has 0 radical (unpaired) electrons. The van der Waals surface area contributed by atoms with Gasteiger partial charge in [0.15, 0.2) is 0 Å². The molecular weight excluding hydrogens is 376 g/mol. The van der Waals surface area contributed by atoms with Crippen molar-refractivity contribution < 1.29 is 14.2 Å². The summed E-state index contributed by atoms with van der Waals surface area (Å²) < 4.78 is 18.2. The summed E-state index contributed by atoms with van der Waals surface area (Å²) in [6.07, 6.45) is 0. The van der Waals surface area contributed by atoms with Crippen LogP contribution in [0, 0.1) is 0 Å². The Morgan fingerprint density at radius 1 is 0.667 bits per heavy atom. The van der Waals surface area contributed by atoms with Crippen LogP contribution in [0.2, 0.25) is 0 Å². The van der Waals surface area contributed by atoms with Crippen LogP contribution in [0.5, 0.6) is 17.2 Å². The Morgan fingerprint density at radius 3 is 1.90 bits per heavy atom. The topological polar surface area (TPSA) is 45.5 Å². The van der Waals surface area contributed by atoms with Gasteiger partial charge in [-0.3, -0.25) is 4.68 Å². The molecule has 0 spiro atoms. The fourth-order valence-electron chi connectivity index (χ4n) is 3.42. The monoisotopic (exact) mass is 400 g/mol. The molecule has 30 heavy (non-hydrogen) atoms. The number of ether oxygens (including phenoxy) is 3. The van der Waals surface area contributed by atoms with Crippen molar-refractivity contribution in [1.82, 2.24) is 9.78 Å². The van der Waals surface area contributed by atoms with Crippen molar-refractivity contribution in [2.24, 2.45) is 0 Å². The van der Waals surface area contributed by atoms with Gasteiger partial charge in [-0.2, -0.15) is 5.10 Å². The van der Waals surface area contributed by atoms with Crippen molar-refractivity contribution in [1.29, 1.82) is 0 Å². The quantitative estimate of drug-likeness (QED) is 0.423. The fraction of sp³-hybridized carbons (Fsp3) is 0.160. The molecule has 152 valence electrons. The average Bonchev–Trinajstić information content (AvgIpc) is 3.23. The van der Waals surface area contributed by atoms with Gasteiger partial charge < -0.3 is 14.2 Å². The average molecular weight is 400 g/mol. The summed E-state index contributed by atoms with van der Waals surface area (Å²) in [5.41, 5.74) is 5.05. The van der Waals surface area contributed by atoms with Crippen LogP contribution < -0.4 is 14.2 Å². The zero-order valence-corrected chi connectivity index (χ0v) is 17.3. The maximum absolute atomic E-state index is 5.42. The Bertz CT molecular complexity index is 1150. The van der Waals surface area contributed by atoms with Gasteiger partial charge >= 0.3 is 0 Å². The molecule has 1 aromatic heterocycles. The second kappa shape index (κ2) is 8.74. The van der Waals surface area contributed by atoms with Crippen molar-refractivity contribution in [2.75, 3.05) is 21.3 Å². The smallest absolute Gasteiger partial charge is 0.119 e. The van der Waals surface area contributed by atoms with Gasteiger partial charge in [-0.1, -0.05) is 36.4 Å². The lowest BCUT2D eigenvalue weighted by Crippen LogP contribution is -2.04. The van der Waals surface area contributed by atoms with Gasteiger partial charge in [0.1, 0.15) is 17.2 Å². The number of hydrogen-bond donors (Lipinski definition) is 0. The molecule has 0 N–H and O–H groups in total. The fourth-order valence-corrected chi connectivity index (χ4v) is 3.42. The van der Waals surface area contributed by atoms with Crippen LogP contribution in [0.4, 0.5) is 0 Å². The summed E-state index contributed by atoms with van der Waals surface area (Å²) in [5, 5.41) is 4.92. The van der Waals surface area contributed by atoms with Gasteiger partial charge in [-0.25, -0.2) is 0 Å². The summed E-state index contributed by atoms with van der Waals surface area (Å²) in [5.74, 6) is 2.44. The molecule has 0 bridgehead atoms. The third-order valence-electron chi connectivity index (χ3n) is 4.98. The van der Waals surface area contributed by atoms with Crippen molar-refractivity contribution in [2.45, 2.75) is 6.54 Å². The van der Waals surface area contributed by atoms with Crippen LogP contribution in [-0.4, -0.2) is 31.1 Å². The minimum Gasteiger partial charge on any atom is -0.497 e. The predicted molar refractivity (Wildman–Crippen MR) is 118 cm³/mol. The van der Waals surface area contributed by atoms with Crippen molar-refractivity contribution in [3.05, 3.63) is 84.4 Å². The van der Waals surface area contributed by atoms with E-state index in [1.807, 2.05) is 65.3 Å². The first-order chi connectivity index (χ1) is 14.7. The van der Waals surface area contributed by atoms with Crippen LogP contribution in [0.3, 0.4) is 0 Å². The minimum atomic E-state index is 0.619. The van der Waals surface area contributed by atoms with Gasteiger partial charge in [-0.15, -0.1) is 0 Å². The summed E-state index contributed by atoms with van der Waals surface area (Å²) in [6, 6.07) is 26.1. The lowest BCUT2D eigenvalue weighted by molar-refractivity contribution is 0.414.